The second-order valence-corrected chi connectivity index (χ2v) is 6.84. The van der Waals surface area contributed by atoms with E-state index in [1.165, 1.54) is 33.8 Å². The lowest BCUT2D eigenvalue weighted by Gasteiger charge is -2.04. The van der Waals surface area contributed by atoms with Crippen molar-refractivity contribution >= 4 is 22.2 Å². The summed E-state index contributed by atoms with van der Waals surface area (Å²) in [6.45, 7) is 0.895. The highest BCUT2D eigenvalue weighted by Crippen LogP contribution is 2.36. The highest BCUT2D eigenvalue weighted by Gasteiger charge is 2.36. The van der Waals surface area contributed by atoms with Crippen molar-refractivity contribution in [3.05, 3.63) is 78.5 Å². The fourth-order valence-corrected chi connectivity index (χ4v) is 4.36. The van der Waals surface area contributed by atoms with Crippen LogP contribution in [0.25, 0.3) is 39.3 Å². The predicted molar refractivity (Wildman–Crippen MR) is 102 cm³/mol. The normalized spacial score (nSPS) is 12.7. The Morgan fingerprint density at radius 1 is 0.923 bits per heavy atom. The number of hydrogen-bond donors (Lipinski definition) is 0. The third-order valence-electron chi connectivity index (χ3n) is 5.45. The Morgan fingerprint density at radius 3 is 2.62 bits per heavy atom. The number of hydrogen-bond acceptors (Lipinski definition) is 1. The molecule has 4 heteroatoms. The van der Waals surface area contributed by atoms with Crippen LogP contribution >= 0.6 is 0 Å². The van der Waals surface area contributed by atoms with E-state index in [2.05, 4.69) is 81.4 Å². The Bertz CT molecular complexity index is 1310. The number of aryl methyl sites for hydroxylation is 1. The van der Waals surface area contributed by atoms with E-state index < -0.39 is 0 Å². The maximum atomic E-state index is 4.73. The standard InChI is InChI=1S/C22H17N4/c1-24-18-12-7-13-23-19(18)20-22(24)25-14-15-8-5-6-11-17(15)21(25)26(20)16-9-3-2-4-10-16/h2-13H,14H2,1H3/q+1. The molecule has 0 unspecified atom stereocenters. The average molecular weight is 337 g/mol. The average Bonchev–Trinajstić information content (AvgIpc) is 3.31. The molecule has 0 radical (unpaired) electrons. The zero-order valence-electron chi connectivity index (χ0n) is 14.4. The Kier molecular flexibility index (Phi) is 2.57. The molecule has 0 saturated carbocycles. The first-order chi connectivity index (χ1) is 12.8. The number of fused-ring (bicyclic) bond motifs is 7. The van der Waals surface area contributed by atoms with Gasteiger partial charge in [-0.1, -0.05) is 36.4 Å². The number of imidazole rings is 1. The van der Waals surface area contributed by atoms with Crippen LogP contribution in [0.15, 0.2) is 72.9 Å². The molecule has 124 valence electrons. The molecule has 0 bridgehead atoms. The lowest BCUT2D eigenvalue weighted by molar-refractivity contribution is -0.648. The van der Waals surface area contributed by atoms with Crippen molar-refractivity contribution < 1.29 is 4.57 Å². The summed E-state index contributed by atoms with van der Waals surface area (Å²) in [5.41, 5.74) is 8.44. The summed E-state index contributed by atoms with van der Waals surface area (Å²) in [5.74, 6) is 1.24. The minimum atomic E-state index is 0.895. The van der Waals surface area contributed by atoms with Gasteiger partial charge in [0, 0.05) is 11.8 Å². The van der Waals surface area contributed by atoms with E-state index >= 15 is 0 Å². The van der Waals surface area contributed by atoms with E-state index in [0.29, 0.717) is 0 Å². The van der Waals surface area contributed by atoms with Crippen LogP contribution in [0, 0.1) is 0 Å². The van der Waals surface area contributed by atoms with Gasteiger partial charge in [-0.05, 0) is 30.3 Å². The van der Waals surface area contributed by atoms with E-state index in [0.717, 1.165) is 17.6 Å². The van der Waals surface area contributed by atoms with Crippen molar-refractivity contribution in [2.24, 2.45) is 7.05 Å². The quantitative estimate of drug-likeness (QED) is 0.419. The van der Waals surface area contributed by atoms with Crippen molar-refractivity contribution in [1.29, 1.82) is 0 Å². The molecule has 0 N–H and O–H groups in total. The largest absolute Gasteiger partial charge is 0.271 e. The first kappa shape index (κ1) is 13.8. The van der Waals surface area contributed by atoms with Gasteiger partial charge in [0.05, 0.1) is 19.2 Å². The molecule has 6 rings (SSSR count). The van der Waals surface area contributed by atoms with Gasteiger partial charge in [-0.25, -0.2) is 14.1 Å². The number of para-hydroxylation sites is 1. The lowest BCUT2D eigenvalue weighted by atomic mass is 10.1. The van der Waals surface area contributed by atoms with Gasteiger partial charge in [0.25, 0.3) is 5.65 Å². The first-order valence-corrected chi connectivity index (χ1v) is 8.86. The van der Waals surface area contributed by atoms with Crippen molar-refractivity contribution in [3.63, 3.8) is 0 Å². The van der Waals surface area contributed by atoms with E-state index in [1.807, 2.05) is 12.3 Å². The summed E-state index contributed by atoms with van der Waals surface area (Å²) < 4.78 is 7.07. The monoisotopic (exact) mass is 337 g/mol. The molecular weight excluding hydrogens is 320 g/mol. The Balaban J connectivity index is 1.87. The van der Waals surface area contributed by atoms with Crippen LogP contribution in [0.2, 0.25) is 0 Å². The second kappa shape index (κ2) is 4.82. The number of rotatable bonds is 1. The maximum Gasteiger partial charge on any atom is 0.271 e. The second-order valence-electron chi connectivity index (χ2n) is 6.84. The molecule has 0 spiro atoms. The van der Waals surface area contributed by atoms with Crippen LogP contribution in [-0.2, 0) is 13.6 Å². The number of nitrogens with zero attached hydrogens (tertiary/aromatic N) is 4. The SMILES string of the molecule is Cn1c2cccnc2c2c1[n+]1c(n2-c2ccccc2)-c2ccccc2C1. The molecule has 5 aromatic rings. The summed E-state index contributed by atoms with van der Waals surface area (Å²) in [4.78, 5) is 4.73. The van der Waals surface area contributed by atoms with E-state index in [9.17, 15) is 0 Å². The van der Waals surface area contributed by atoms with Crippen molar-refractivity contribution in [1.82, 2.24) is 14.1 Å². The molecular formula is C22H17N4+. The number of pyridine rings is 1. The summed E-state index contributed by atoms with van der Waals surface area (Å²) in [6, 6.07) is 23.4. The third-order valence-corrected chi connectivity index (χ3v) is 5.45. The molecule has 3 aromatic heterocycles. The van der Waals surface area contributed by atoms with Crippen LogP contribution in [0.3, 0.4) is 0 Å². The lowest BCUT2D eigenvalue weighted by Crippen LogP contribution is -2.33. The maximum absolute atomic E-state index is 4.73. The molecule has 0 aliphatic carbocycles. The Morgan fingerprint density at radius 2 is 1.73 bits per heavy atom. The fourth-order valence-electron chi connectivity index (χ4n) is 4.36. The summed E-state index contributed by atoms with van der Waals surface area (Å²) in [6.07, 6.45) is 1.88. The summed E-state index contributed by atoms with van der Waals surface area (Å²) in [7, 11) is 2.14. The number of benzene rings is 2. The van der Waals surface area contributed by atoms with Crippen LogP contribution in [-0.4, -0.2) is 14.1 Å². The van der Waals surface area contributed by atoms with Crippen molar-refractivity contribution in [2.45, 2.75) is 6.54 Å². The Hall–Kier alpha value is -3.40. The molecule has 0 atom stereocenters. The van der Waals surface area contributed by atoms with Crippen LogP contribution in [0.1, 0.15) is 5.56 Å². The fraction of sp³-hybridized carbons (Fsp3) is 0.0909. The smallest absolute Gasteiger partial charge is 0.257 e. The molecule has 2 aromatic carbocycles. The van der Waals surface area contributed by atoms with Gasteiger partial charge in [0.2, 0.25) is 11.3 Å². The van der Waals surface area contributed by atoms with Gasteiger partial charge in [-0.3, -0.25) is 4.57 Å². The molecule has 0 saturated heterocycles. The zero-order valence-corrected chi connectivity index (χ0v) is 14.4. The van der Waals surface area contributed by atoms with Gasteiger partial charge >= 0.3 is 0 Å². The van der Waals surface area contributed by atoms with Crippen LogP contribution in [0.5, 0.6) is 0 Å². The highest BCUT2D eigenvalue weighted by molar-refractivity contribution is 6.03. The topological polar surface area (TPSA) is 26.6 Å². The van der Waals surface area contributed by atoms with Gasteiger partial charge in [0.15, 0.2) is 0 Å². The third kappa shape index (κ3) is 1.59. The molecule has 0 amide bonds. The summed E-state index contributed by atoms with van der Waals surface area (Å²) >= 11 is 0. The first-order valence-electron chi connectivity index (χ1n) is 8.86. The molecule has 0 fully saturated rings. The van der Waals surface area contributed by atoms with E-state index in [-0.39, 0.29) is 0 Å². The van der Waals surface area contributed by atoms with Crippen molar-refractivity contribution in [3.8, 4) is 17.1 Å². The van der Waals surface area contributed by atoms with Crippen molar-refractivity contribution in [2.75, 3.05) is 0 Å². The van der Waals surface area contributed by atoms with Crippen LogP contribution in [0.4, 0.5) is 0 Å². The zero-order chi connectivity index (χ0) is 17.3. The van der Waals surface area contributed by atoms with Crippen LogP contribution < -0.4 is 4.57 Å². The van der Waals surface area contributed by atoms with E-state index in [4.69, 9.17) is 4.98 Å². The van der Waals surface area contributed by atoms with E-state index in [1.54, 1.807) is 0 Å². The Labute approximate surface area is 150 Å². The predicted octanol–water partition coefficient (Wildman–Crippen LogP) is 3.83. The van der Waals surface area contributed by atoms with Gasteiger partial charge in [-0.2, -0.15) is 0 Å². The molecule has 1 aliphatic rings. The molecule has 1 aliphatic heterocycles. The molecule has 4 nitrogen and oxygen atoms in total. The highest BCUT2D eigenvalue weighted by atomic mass is 15.3. The minimum absolute atomic E-state index is 0.895. The molecule has 4 heterocycles. The van der Waals surface area contributed by atoms with Gasteiger partial charge in [0.1, 0.15) is 16.7 Å². The van der Waals surface area contributed by atoms with Gasteiger partial charge in [-0.15, -0.1) is 0 Å². The molecule has 26 heavy (non-hydrogen) atoms. The number of aromatic nitrogens is 4. The minimum Gasteiger partial charge on any atom is -0.257 e. The summed E-state index contributed by atoms with van der Waals surface area (Å²) in [5, 5.41) is 0. The van der Waals surface area contributed by atoms with Gasteiger partial charge < -0.3 is 0 Å².